The Morgan fingerprint density at radius 2 is 1.96 bits per heavy atom. The largest absolute Gasteiger partial charge is 0.354 e. The van der Waals surface area contributed by atoms with Gasteiger partial charge in [0.15, 0.2) is 0 Å². The lowest BCUT2D eigenvalue weighted by molar-refractivity contribution is -0.123. The summed E-state index contributed by atoms with van der Waals surface area (Å²) in [6, 6.07) is 8.82. The van der Waals surface area contributed by atoms with Crippen LogP contribution < -0.4 is 5.32 Å². The fraction of sp³-hybridized carbons (Fsp3) is 0.632. The lowest BCUT2D eigenvalue weighted by Crippen LogP contribution is -2.52. The van der Waals surface area contributed by atoms with Crippen molar-refractivity contribution in [2.45, 2.75) is 38.1 Å². The highest BCUT2D eigenvalue weighted by Gasteiger charge is 2.51. The Kier molecular flexibility index (Phi) is 4.74. The molecular formula is C19H29N3O. The predicted molar refractivity (Wildman–Crippen MR) is 93.6 cm³/mol. The van der Waals surface area contributed by atoms with E-state index in [1.54, 1.807) is 0 Å². The third-order valence-electron chi connectivity index (χ3n) is 5.47. The van der Waals surface area contributed by atoms with Gasteiger partial charge in [-0.25, -0.2) is 0 Å². The van der Waals surface area contributed by atoms with Gasteiger partial charge in [-0.2, -0.15) is 0 Å². The number of carbonyl (C=O) groups excluding carboxylic acids is 1. The molecule has 1 aliphatic heterocycles. The Hall–Kier alpha value is -1.39. The van der Waals surface area contributed by atoms with Crippen LogP contribution in [0.4, 0.5) is 0 Å². The maximum Gasteiger partial charge on any atom is 0.230 e. The molecule has 2 fully saturated rings. The van der Waals surface area contributed by atoms with Crippen LogP contribution >= 0.6 is 0 Å². The summed E-state index contributed by atoms with van der Waals surface area (Å²) in [6.45, 7) is 9.48. The van der Waals surface area contributed by atoms with E-state index in [9.17, 15) is 4.79 Å². The van der Waals surface area contributed by atoms with E-state index in [4.69, 9.17) is 0 Å². The van der Waals surface area contributed by atoms with Crippen LogP contribution in [-0.2, 0) is 10.2 Å². The zero-order valence-electron chi connectivity index (χ0n) is 14.6. The van der Waals surface area contributed by atoms with E-state index in [-0.39, 0.29) is 11.3 Å². The molecule has 1 N–H and O–H groups in total. The molecule has 3 rings (SSSR count). The quantitative estimate of drug-likeness (QED) is 0.900. The Bertz CT molecular complexity index is 559. The first-order valence-electron chi connectivity index (χ1n) is 8.79. The molecule has 1 saturated heterocycles. The molecule has 1 aliphatic carbocycles. The van der Waals surface area contributed by atoms with Gasteiger partial charge in [0, 0.05) is 38.8 Å². The number of aryl methyl sites for hydroxylation is 1. The highest BCUT2D eigenvalue weighted by molar-refractivity contribution is 5.91. The SMILES string of the molecule is Cc1cccc(C2(C(=O)NC[C@H](C)N3CCN(C)CC3)CC2)c1. The molecule has 1 atom stereocenters. The summed E-state index contributed by atoms with van der Waals surface area (Å²) in [5, 5.41) is 3.22. The molecule has 1 aromatic rings. The molecule has 0 radical (unpaired) electrons. The van der Waals surface area contributed by atoms with Crippen molar-refractivity contribution in [1.29, 1.82) is 0 Å². The second-order valence-corrected chi connectivity index (χ2v) is 7.35. The number of piperazine rings is 1. The smallest absolute Gasteiger partial charge is 0.230 e. The van der Waals surface area contributed by atoms with E-state index in [0.29, 0.717) is 6.04 Å². The van der Waals surface area contributed by atoms with Gasteiger partial charge >= 0.3 is 0 Å². The normalized spacial score (nSPS) is 22.6. The van der Waals surface area contributed by atoms with Gasteiger partial charge in [0.2, 0.25) is 5.91 Å². The first kappa shape index (κ1) is 16.5. The zero-order chi connectivity index (χ0) is 16.4. The van der Waals surface area contributed by atoms with Gasteiger partial charge in [-0.1, -0.05) is 29.8 Å². The monoisotopic (exact) mass is 315 g/mol. The standard InChI is InChI=1S/C19H29N3O/c1-15-5-4-6-17(13-15)19(7-8-19)18(23)20-14-16(2)22-11-9-21(3)10-12-22/h4-6,13,16H,7-12,14H2,1-3H3,(H,20,23)/t16-/m0/s1. The van der Waals surface area contributed by atoms with Crippen molar-refractivity contribution < 1.29 is 4.79 Å². The second-order valence-electron chi connectivity index (χ2n) is 7.35. The van der Waals surface area contributed by atoms with Gasteiger partial charge in [-0.15, -0.1) is 0 Å². The molecule has 23 heavy (non-hydrogen) atoms. The van der Waals surface area contributed by atoms with E-state index in [2.05, 4.69) is 60.3 Å². The minimum Gasteiger partial charge on any atom is -0.354 e. The lowest BCUT2D eigenvalue weighted by Gasteiger charge is -2.36. The van der Waals surface area contributed by atoms with E-state index in [0.717, 1.165) is 45.6 Å². The average molecular weight is 315 g/mol. The number of hydrogen-bond donors (Lipinski definition) is 1. The topological polar surface area (TPSA) is 35.6 Å². The molecule has 4 heteroatoms. The summed E-state index contributed by atoms with van der Waals surface area (Å²) in [4.78, 5) is 17.6. The van der Waals surface area contributed by atoms with Crippen LogP contribution in [0, 0.1) is 6.92 Å². The fourth-order valence-electron chi connectivity index (χ4n) is 3.52. The number of hydrogen-bond acceptors (Lipinski definition) is 3. The van der Waals surface area contributed by atoms with Crippen LogP contribution in [0.1, 0.15) is 30.9 Å². The van der Waals surface area contributed by atoms with Crippen molar-refractivity contribution >= 4 is 5.91 Å². The first-order chi connectivity index (χ1) is 11.0. The maximum absolute atomic E-state index is 12.7. The zero-order valence-corrected chi connectivity index (χ0v) is 14.6. The number of carbonyl (C=O) groups is 1. The molecule has 0 aromatic heterocycles. The van der Waals surface area contributed by atoms with Gasteiger partial charge < -0.3 is 10.2 Å². The number of benzene rings is 1. The van der Waals surface area contributed by atoms with E-state index < -0.39 is 0 Å². The Balaban J connectivity index is 1.55. The summed E-state index contributed by atoms with van der Waals surface area (Å²) in [6.07, 6.45) is 1.95. The number of nitrogens with one attached hydrogen (secondary N) is 1. The van der Waals surface area contributed by atoms with Crippen molar-refractivity contribution in [2.24, 2.45) is 0 Å². The molecule has 1 saturated carbocycles. The van der Waals surface area contributed by atoms with Crippen molar-refractivity contribution in [3.63, 3.8) is 0 Å². The Labute approximate surface area is 139 Å². The Morgan fingerprint density at radius 1 is 1.26 bits per heavy atom. The van der Waals surface area contributed by atoms with Crippen LogP contribution in [-0.4, -0.2) is 61.5 Å². The molecule has 126 valence electrons. The van der Waals surface area contributed by atoms with Crippen molar-refractivity contribution in [1.82, 2.24) is 15.1 Å². The molecular weight excluding hydrogens is 286 g/mol. The minimum absolute atomic E-state index is 0.212. The summed E-state index contributed by atoms with van der Waals surface area (Å²) in [5.74, 6) is 0.212. The number of likely N-dealkylation sites (N-methyl/N-ethyl adjacent to an activating group) is 1. The van der Waals surface area contributed by atoms with Crippen molar-refractivity contribution in [2.75, 3.05) is 39.8 Å². The van der Waals surface area contributed by atoms with Gasteiger partial charge in [-0.3, -0.25) is 9.69 Å². The van der Waals surface area contributed by atoms with E-state index in [1.807, 2.05) is 0 Å². The van der Waals surface area contributed by atoms with Gasteiger partial charge in [0.25, 0.3) is 0 Å². The van der Waals surface area contributed by atoms with Crippen LogP contribution in [0.25, 0.3) is 0 Å². The van der Waals surface area contributed by atoms with Crippen LogP contribution in [0.5, 0.6) is 0 Å². The summed E-state index contributed by atoms with van der Waals surface area (Å²) < 4.78 is 0. The predicted octanol–water partition coefficient (Wildman–Crippen LogP) is 1.78. The maximum atomic E-state index is 12.7. The average Bonchev–Trinajstić information content (AvgIpc) is 3.35. The van der Waals surface area contributed by atoms with Gasteiger partial charge in [-0.05, 0) is 39.3 Å². The molecule has 1 heterocycles. The molecule has 0 spiro atoms. The van der Waals surface area contributed by atoms with Crippen LogP contribution in [0.2, 0.25) is 0 Å². The second kappa shape index (κ2) is 6.62. The summed E-state index contributed by atoms with van der Waals surface area (Å²) in [7, 11) is 2.17. The van der Waals surface area contributed by atoms with Gasteiger partial charge in [0.1, 0.15) is 0 Å². The molecule has 1 aromatic carbocycles. The first-order valence-corrected chi connectivity index (χ1v) is 8.79. The van der Waals surface area contributed by atoms with Gasteiger partial charge in [0.05, 0.1) is 5.41 Å². The molecule has 1 amide bonds. The molecule has 0 unspecified atom stereocenters. The minimum atomic E-state index is -0.256. The molecule has 0 bridgehead atoms. The lowest BCUT2D eigenvalue weighted by atomic mass is 9.93. The summed E-state index contributed by atoms with van der Waals surface area (Å²) in [5.41, 5.74) is 2.16. The van der Waals surface area contributed by atoms with Crippen LogP contribution in [0.3, 0.4) is 0 Å². The number of rotatable bonds is 5. The van der Waals surface area contributed by atoms with E-state index in [1.165, 1.54) is 11.1 Å². The third-order valence-corrected chi connectivity index (χ3v) is 5.47. The molecule has 2 aliphatic rings. The van der Waals surface area contributed by atoms with Crippen molar-refractivity contribution in [3.8, 4) is 0 Å². The summed E-state index contributed by atoms with van der Waals surface area (Å²) >= 11 is 0. The third kappa shape index (κ3) is 3.59. The van der Waals surface area contributed by atoms with E-state index >= 15 is 0 Å². The highest BCUT2D eigenvalue weighted by atomic mass is 16.2. The Morgan fingerprint density at radius 3 is 2.57 bits per heavy atom. The van der Waals surface area contributed by atoms with Crippen molar-refractivity contribution in [3.05, 3.63) is 35.4 Å². The van der Waals surface area contributed by atoms with Crippen LogP contribution in [0.15, 0.2) is 24.3 Å². The number of amides is 1. The highest BCUT2D eigenvalue weighted by Crippen LogP contribution is 2.48. The number of nitrogens with zero attached hydrogens (tertiary/aromatic N) is 2. The fourth-order valence-corrected chi connectivity index (χ4v) is 3.52. The molecule has 4 nitrogen and oxygen atoms in total.